The number of hydrogen-bond acceptors (Lipinski definition) is 4. The van der Waals surface area contributed by atoms with Crippen LogP contribution >= 0.6 is 0 Å². The van der Waals surface area contributed by atoms with Crippen LogP contribution in [0.5, 0.6) is 0 Å². The van der Waals surface area contributed by atoms with E-state index in [2.05, 4.69) is 10.3 Å². The molecule has 2 heterocycles. The van der Waals surface area contributed by atoms with Crippen molar-refractivity contribution in [1.29, 1.82) is 0 Å². The Bertz CT molecular complexity index is 810. The van der Waals surface area contributed by atoms with E-state index in [9.17, 15) is 12.8 Å². The zero-order valence-electron chi connectivity index (χ0n) is 11.8. The van der Waals surface area contributed by atoms with E-state index < -0.39 is 15.8 Å². The second-order valence-electron chi connectivity index (χ2n) is 5.83. The van der Waals surface area contributed by atoms with Crippen LogP contribution in [0.25, 0.3) is 0 Å². The Kier molecular flexibility index (Phi) is 3.05. The molecule has 22 heavy (non-hydrogen) atoms. The summed E-state index contributed by atoms with van der Waals surface area (Å²) >= 11 is 0. The van der Waals surface area contributed by atoms with Crippen LogP contribution in [0.15, 0.2) is 35.4 Å². The van der Waals surface area contributed by atoms with Gasteiger partial charge in [-0.25, -0.2) is 17.5 Å². The Hall–Kier alpha value is -1.80. The lowest BCUT2D eigenvalue weighted by molar-refractivity contribution is 0.189. The molecule has 0 N–H and O–H groups in total. The zero-order chi connectivity index (χ0) is 15.3. The van der Waals surface area contributed by atoms with E-state index in [0.29, 0.717) is 19.0 Å². The van der Waals surface area contributed by atoms with Crippen LogP contribution < -0.4 is 0 Å². The summed E-state index contributed by atoms with van der Waals surface area (Å²) in [7, 11) is -3.63. The third-order valence-electron chi connectivity index (χ3n) is 4.16. The van der Waals surface area contributed by atoms with Crippen molar-refractivity contribution in [2.24, 2.45) is 0 Å². The van der Waals surface area contributed by atoms with Gasteiger partial charge in [-0.3, -0.25) is 0 Å². The first-order valence-electron chi connectivity index (χ1n) is 7.21. The lowest BCUT2D eigenvalue weighted by Gasteiger charge is -2.37. The number of sulfonamides is 1. The van der Waals surface area contributed by atoms with Crippen molar-refractivity contribution in [3.8, 4) is 0 Å². The molecule has 0 spiro atoms. The largest absolute Gasteiger partial charge is 0.247 e. The molecule has 1 aromatic carbocycles. The first-order chi connectivity index (χ1) is 10.5. The molecular formula is C14H15FN4O2S. The van der Waals surface area contributed by atoms with E-state index in [4.69, 9.17) is 0 Å². The second kappa shape index (κ2) is 4.85. The Morgan fingerprint density at radius 3 is 2.68 bits per heavy atom. The van der Waals surface area contributed by atoms with Gasteiger partial charge in [0, 0.05) is 25.2 Å². The van der Waals surface area contributed by atoms with Gasteiger partial charge >= 0.3 is 0 Å². The van der Waals surface area contributed by atoms with E-state index >= 15 is 0 Å². The van der Waals surface area contributed by atoms with Crippen molar-refractivity contribution >= 4 is 10.0 Å². The van der Waals surface area contributed by atoms with Gasteiger partial charge in [0.1, 0.15) is 5.82 Å². The maximum Gasteiger partial charge on any atom is 0.243 e. The van der Waals surface area contributed by atoms with Gasteiger partial charge in [0.05, 0.1) is 16.6 Å². The molecule has 2 aromatic rings. The molecule has 2 aliphatic rings. The van der Waals surface area contributed by atoms with Crippen molar-refractivity contribution in [1.82, 2.24) is 19.3 Å². The fraction of sp³-hybridized carbons (Fsp3) is 0.429. The third-order valence-corrected chi connectivity index (χ3v) is 5.99. The molecule has 1 saturated carbocycles. The molecule has 1 aromatic heterocycles. The molecule has 0 radical (unpaired) electrons. The van der Waals surface area contributed by atoms with Gasteiger partial charge in [-0.1, -0.05) is 11.3 Å². The molecular weight excluding hydrogens is 307 g/mol. The number of hydrogen-bond donors (Lipinski definition) is 0. The Morgan fingerprint density at radius 2 is 2.00 bits per heavy atom. The summed E-state index contributed by atoms with van der Waals surface area (Å²) in [6.07, 6.45) is 4.22. The third kappa shape index (κ3) is 2.32. The highest BCUT2D eigenvalue weighted by molar-refractivity contribution is 7.89. The van der Waals surface area contributed by atoms with Crippen molar-refractivity contribution < 1.29 is 12.8 Å². The maximum atomic E-state index is 13.2. The van der Waals surface area contributed by atoms with Crippen LogP contribution in [-0.4, -0.2) is 40.8 Å². The molecule has 0 atom stereocenters. The van der Waals surface area contributed by atoms with Crippen LogP contribution in [0.2, 0.25) is 0 Å². The van der Waals surface area contributed by atoms with Crippen LogP contribution in [0, 0.1) is 5.82 Å². The molecule has 0 unspecified atom stereocenters. The summed E-state index contributed by atoms with van der Waals surface area (Å²) in [5, 5.41) is 8.22. The van der Waals surface area contributed by atoms with Gasteiger partial charge in [-0.15, -0.1) is 5.10 Å². The predicted molar refractivity (Wildman–Crippen MR) is 76.2 cm³/mol. The number of aromatic nitrogens is 3. The van der Waals surface area contributed by atoms with Crippen molar-refractivity contribution in [2.75, 3.05) is 13.1 Å². The molecule has 8 heteroatoms. The summed E-state index contributed by atoms with van der Waals surface area (Å²) in [6, 6.07) is 5.09. The van der Waals surface area contributed by atoms with E-state index in [1.807, 2.05) is 6.20 Å². The Morgan fingerprint density at radius 1 is 1.23 bits per heavy atom. The molecule has 0 amide bonds. The normalized spacial score (nSPS) is 20.0. The van der Waals surface area contributed by atoms with Gasteiger partial charge < -0.3 is 0 Å². The zero-order valence-corrected chi connectivity index (χ0v) is 12.6. The maximum absolute atomic E-state index is 13.2. The number of rotatable bonds is 4. The number of halogens is 1. The van der Waals surface area contributed by atoms with E-state index in [1.54, 1.807) is 4.68 Å². The Labute approximate surface area is 127 Å². The predicted octanol–water partition coefficient (Wildman–Crippen LogP) is 1.54. The van der Waals surface area contributed by atoms with Crippen LogP contribution in [0.3, 0.4) is 0 Å². The molecule has 6 nitrogen and oxygen atoms in total. The van der Waals surface area contributed by atoms with Gasteiger partial charge in [-0.2, -0.15) is 4.31 Å². The van der Waals surface area contributed by atoms with E-state index in [-0.39, 0.29) is 10.9 Å². The van der Waals surface area contributed by atoms with Crippen LogP contribution in [-0.2, 0) is 10.0 Å². The van der Waals surface area contributed by atoms with Gasteiger partial charge in [0.2, 0.25) is 10.0 Å². The van der Waals surface area contributed by atoms with E-state index in [1.165, 1.54) is 22.5 Å². The molecule has 116 valence electrons. The highest BCUT2D eigenvalue weighted by Gasteiger charge is 2.39. The minimum atomic E-state index is -3.63. The lowest BCUT2D eigenvalue weighted by Crippen LogP contribution is -2.50. The smallest absolute Gasteiger partial charge is 0.243 e. The number of nitrogens with zero attached hydrogens (tertiary/aromatic N) is 4. The molecule has 2 fully saturated rings. The van der Waals surface area contributed by atoms with Gasteiger partial charge in [0.25, 0.3) is 0 Å². The summed E-state index contributed by atoms with van der Waals surface area (Å²) in [4.78, 5) is -0.0109. The standard InChI is InChI=1S/C14H15FN4O2S/c15-11-2-1-3-13(6-11)22(20,21)18-7-12(8-18)19-9-14(16-17-19)10-4-5-10/h1-3,6,9-10,12H,4-5,7-8H2. The van der Waals surface area contributed by atoms with Crippen molar-refractivity contribution in [2.45, 2.75) is 29.7 Å². The average Bonchev–Trinajstić information content (AvgIpc) is 3.17. The summed E-state index contributed by atoms with van der Waals surface area (Å²) < 4.78 is 41.0. The van der Waals surface area contributed by atoms with Crippen molar-refractivity contribution in [3.05, 3.63) is 42.0 Å². The summed E-state index contributed by atoms with van der Waals surface area (Å²) in [5.41, 5.74) is 0.992. The lowest BCUT2D eigenvalue weighted by atomic mass is 10.2. The highest BCUT2D eigenvalue weighted by Crippen LogP contribution is 2.39. The Balaban J connectivity index is 1.47. The van der Waals surface area contributed by atoms with E-state index in [0.717, 1.165) is 24.6 Å². The summed E-state index contributed by atoms with van der Waals surface area (Å²) in [5.74, 6) is -0.0237. The average molecular weight is 322 g/mol. The fourth-order valence-electron chi connectivity index (χ4n) is 2.59. The van der Waals surface area contributed by atoms with Crippen LogP contribution in [0.4, 0.5) is 4.39 Å². The molecule has 1 saturated heterocycles. The highest BCUT2D eigenvalue weighted by atomic mass is 32.2. The molecule has 4 rings (SSSR count). The minimum absolute atomic E-state index is 0.00309. The van der Waals surface area contributed by atoms with Gasteiger partial charge in [-0.05, 0) is 31.0 Å². The van der Waals surface area contributed by atoms with Crippen molar-refractivity contribution in [3.63, 3.8) is 0 Å². The SMILES string of the molecule is O=S(=O)(c1cccc(F)c1)N1CC(n2cc(C3CC3)nn2)C1. The van der Waals surface area contributed by atoms with Gasteiger partial charge in [0.15, 0.2) is 0 Å². The molecule has 0 bridgehead atoms. The van der Waals surface area contributed by atoms with Crippen LogP contribution in [0.1, 0.15) is 30.5 Å². The quantitative estimate of drug-likeness (QED) is 0.856. The minimum Gasteiger partial charge on any atom is -0.247 e. The topological polar surface area (TPSA) is 68.1 Å². The number of benzene rings is 1. The molecule has 1 aliphatic heterocycles. The second-order valence-corrected chi connectivity index (χ2v) is 7.77. The molecule has 1 aliphatic carbocycles. The fourth-order valence-corrected chi connectivity index (χ4v) is 4.14. The first kappa shape index (κ1) is 13.8. The monoisotopic (exact) mass is 322 g/mol. The first-order valence-corrected chi connectivity index (χ1v) is 8.65. The summed E-state index contributed by atoms with van der Waals surface area (Å²) in [6.45, 7) is 0.679.